The fourth-order valence-corrected chi connectivity index (χ4v) is 2.86. The molecule has 0 unspecified atom stereocenters. The van der Waals surface area contributed by atoms with Gasteiger partial charge in [0, 0.05) is 11.6 Å². The number of carboxylic acids is 1. The van der Waals surface area contributed by atoms with Crippen LogP contribution in [0.5, 0.6) is 0 Å². The zero-order valence-corrected chi connectivity index (χ0v) is 10.1. The van der Waals surface area contributed by atoms with E-state index in [1.165, 1.54) is 0 Å². The van der Waals surface area contributed by atoms with Crippen LogP contribution in [0.1, 0.15) is 30.8 Å². The molecule has 2 rings (SSSR count). The Labute approximate surface area is 98.9 Å². The van der Waals surface area contributed by atoms with Crippen molar-refractivity contribution in [2.45, 2.75) is 25.8 Å². The number of nitrogens with zero attached hydrogens (tertiary/aromatic N) is 2. The number of thiazole rings is 1. The van der Waals surface area contributed by atoms with Crippen molar-refractivity contribution in [3.05, 3.63) is 16.6 Å². The number of rotatable bonds is 3. The summed E-state index contributed by atoms with van der Waals surface area (Å²) in [5.74, 6) is -0.804. The van der Waals surface area contributed by atoms with Crippen LogP contribution >= 0.6 is 11.3 Å². The van der Waals surface area contributed by atoms with E-state index in [1.54, 1.807) is 11.3 Å². The average Bonchev–Trinajstić information content (AvgIpc) is 2.81. The van der Waals surface area contributed by atoms with E-state index in [-0.39, 0.29) is 5.92 Å². The number of carboxylic acid groups (broad SMARTS) is 1. The minimum Gasteiger partial charge on any atom is -0.481 e. The van der Waals surface area contributed by atoms with E-state index in [4.69, 9.17) is 5.11 Å². The molecule has 4 nitrogen and oxygen atoms in total. The van der Waals surface area contributed by atoms with E-state index < -0.39 is 5.97 Å². The summed E-state index contributed by atoms with van der Waals surface area (Å²) in [6.45, 7) is 3.86. The van der Waals surface area contributed by atoms with Crippen LogP contribution in [0.3, 0.4) is 0 Å². The van der Waals surface area contributed by atoms with Crippen LogP contribution < -0.4 is 0 Å². The molecule has 0 saturated carbocycles. The second-order valence-electron chi connectivity index (χ2n) is 4.19. The van der Waals surface area contributed by atoms with E-state index in [2.05, 4.69) is 16.8 Å². The molecule has 1 aromatic heterocycles. The highest BCUT2D eigenvalue weighted by atomic mass is 32.1. The molecule has 1 fully saturated rings. The lowest BCUT2D eigenvalue weighted by Gasteiger charge is -2.33. The van der Waals surface area contributed by atoms with Gasteiger partial charge < -0.3 is 5.11 Å². The summed E-state index contributed by atoms with van der Waals surface area (Å²) in [5, 5.41) is 12.0. The normalized spacial score (nSPS) is 20.8. The number of likely N-dealkylation sites (tertiary alicyclic amines) is 1. The molecule has 1 aliphatic rings. The molecule has 0 amide bonds. The molecule has 2 heterocycles. The molecule has 0 aliphatic carbocycles. The predicted molar refractivity (Wildman–Crippen MR) is 62.5 cm³/mol. The minimum absolute atomic E-state index is 0.153. The van der Waals surface area contributed by atoms with Crippen LogP contribution in [0, 0.1) is 5.92 Å². The smallest absolute Gasteiger partial charge is 0.306 e. The molecule has 0 bridgehead atoms. The van der Waals surface area contributed by atoms with Crippen LogP contribution in [0.4, 0.5) is 0 Å². The number of hydrogen-bond donors (Lipinski definition) is 1. The van der Waals surface area contributed by atoms with Crippen molar-refractivity contribution in [3.8, 4) is 0 Å². The van der Waals surface area contributed by atoms with E-state index in [0.717, 1.165) is 30.9 Å². The van der Waals surface area contributed by atoms with E-state index >= 15 is 0 Å². The summed E-state index contributed by atoms with van der Waals surface area (Å²) >= 11 is 1.66. The third kappa shape index (κ3) is 2.41. The molecule has 0 radical (unpaired) electrons. The maximum Gasteiger partial charge on any atom is 0.306 e. The molecule has 0 spiro atoms. The lowest BCUT2D eigenvalue weighted by molar-refractivity contribution is -0.143. The Morgan fingerprint density at radius 2 is 2.31 bits per heavy atom. The van der Waals surface area contributed by atoms with Gasteiger partial charge in [0.15, 0.2) is 0 Å². The van der Waals surface area contributed by atoms with E-state index in [0.29, 0.717) is 6.04 Å². The first kappa shape index (κ1) is 11.5. The molecule has 1 atom stereocenters. The van der Waals surface area contributed by atoms with Crippen molar-refractivity contribution in [2.75, 3.05) is 13.1 Å². The van der Waals surface area contributed by atoms with Crippen LogP contribution in [-0.4, -0.2) is 34.0 Å². The van der Waals surface area contributed by atoms with Gasteiger partial charge in [-0.3, -0.25) is 9.69 Å². The van der Waals surface area contributed by atoms with E-state index in [1.807, 2.05) is 11.6 Å². The third-order valence-corrected chi connectivity index (χ3v) is 4.18. The van der Waals surface area contributed by atoms with Gasteiger partial charge in [0.2, 0.25) is 0 Å². The van der Waals surface area contributed by atoms with Crippen LogP contribution in [0.25, 0.3) is 0 Å². The highest BCUT2D eigenvalue weighted by Gasteiger charge is 2.27. The zero-order valence-electron chi connectivity index (χ0n) is 9.30. The first-order chi connectivity index (χ1) is 7.68. The van der Waals surface area contributed by atoms with Crippen LogP contribution in [-0.2, 0) is 4.79 Å². The maximum atomic E-state index is 10.8. The second kappa shape index (κ2) is 4.93. The molecule has 1 saturated heterocycles. The Morgan fingerprint density at radius 3 is 2.81 bits per heavy atom. The van der Waals surface area contributed by atoms with Crippen LogP contribution in [0.15, 0.2) is 11.6 Å². The van der Waals surface area contributed by atoms with Crippen molar-refractivity contribution < 1.29 is 9.90 Å². The first-order valence-electron chi connectivity index (χ1n) is 5.54. The average molecular weight is 240 g/mol. The van der Waals surface area contributed by atoms with Gasteiger partial charge in [-0.25, -0.2) is 4.98 Å². The number of aromatic nitrogens is 1. The molecule has 0 aromatic carbocycles. The standard InChI is InChI=1S/C11H16N2O2S/c1-8(10-12-4-7-16-10)13-5-2-9(3-6-13)11(14)15/h4,7-9H,2-3,5-6H2,1H3,(H,14,15)/t8-/m0/s1. The molecular weight excluding hydrogens is 224 g/mol. The number of carbonyl (C=O) groups is 1. The topological polar surface area (TPSA) is 53.4 Å². The second-order valence-corrected chi connectivity index (χ2v) is 5.12. The molecule has 1 aromatic rings. The van der Waals surface area contributed by atoms with Gasteiger partial charge >= 0.3 is 5.97 Å². The monoisotopic (exact) mass is 240 g/mol. The minimum atomic E-state index is -0.651. The Morgan fingerprint density at radius 1 is 1.62 bits per heavy atom. The van der Waals surface area contributed by atoms with Gasteiger partial charge in [0.05, 0.1) is 12.0 Å². The molecule has 88 valence electrons. The van der Waals surface area contributed by atoms with Gasteiger partial charge in [-0.2, -0.15) is 0 Å². The lowest BCUT2D eigenvalue weighted by atomic mass is 9.96. The molecule has 1 aliphatic heterocycles. The number of hydrogen-bond acceptors (Lipinski definition) is 4. The molecular formula is C11H16N2O2S. The largest absolute Gasteiger partial charge is 0.481 e. The summed E-state index contributed by atoms with van der Waals surface area (Å²) in [7, 11) is 0. The summed E-state index contributed by atoms with van der Waals surface area (Å²) in [5.41, 5.74) is 0. The fourth-order valence-electron chi connectivity index (χ4n) is 2.13. The highest BCUT2D eigenvalue weighted by molar-refractivity contribution is 7.09. The summed E-state index contributed by atoms with van der Waals surface area (Å²) < 4.78 is 0. The SMILES string of the molecule is C[C@@H](c1nccs1)N1CCC(C(=O)O)CC1. The lowest BCUT2D eigenvalue weighted by Crippen LogP contribution is -2.37. The Hall–Kier alpha value is -0.940. The molecule has 1 N–H and O–H groups in total. The van der Waals surface area contributed by atoms with Gasteiger partial charge in [0.1, 0.15) is 5.01 Å². The zero-order chi connectivity index (χ0) is 11.5. The molecule has 5 heteroatoms. The van der Waals surface area contributed by atoms with Gasteiger partial charge in [-0.05, 0) is 32.9 Å². The Kier molecular flexibility index (Phi) is 3.56. The number of piperidine rings is 1. The summed E-state index contributed by atoms with van der Waals surface area (Å²) in [6, 6.07) is 0.315. The van der Waals surface area contributed by atoms with Crippen molar-refractivity contribution in [1.82, 2.24) is 9.88 Å². The van der Waals surface area contributed by atoms with Crippen molar-refractivity contribution >= 4 is 17.3 Å². The summed E-state index contributed by atoms with van der Waals surface area (Å²) in [4.78, 5) is 17.5. The van der Waals surface area contributed by atoms with Crippen molar-refractivity contribution in [3.63, 3.8) is 0 Å². The quantitative estimate of drug-likeness (QED) is 0.878. The first-order valence-corrected chi connectivity index (χ1v) is 6.42. The predicted octanol–water partition coefficient (Wildman–Crippen LogP) is 2.00. The molecule has 16 heavy (non-hydrogen) atoms. The summed E-state index contributed by atoms with van der Waals surface area (Å²) in [6.07, 6.45) is 3.33. The maximum absolute atomic E-state index is 10.8. The van der Waals surface area contributed by atoms with E-state index in [9.17, 15) is 4.79 Å². The third-order valence-electron chi connectivity index (χ3n) is 3.24. The van der Waals surface area contributed by atoms with Gasteiger partial charge in [0.25, 0.3) is 0 Å². The van der Waals surface area contributed by atoms with Crippen LogP contribution in [0.2, 0.25) is 0 Å². The van der Waals surface area contributed by atoms with Crippen molar-refractivity contribution in [2.24, 2.45) is 5.92 Å². The van der Waals surface area contributed by atoms with Gasteiger partial charge in [-0.1, -0.05) is 0 Å². The highest BCUT2D eigenvalue weighted by Crippen LogP contribution is 2.27. The van der Waals surface area contributed by atoms with Crippen molar-refractivity contribution in [1.29, 1.82) is 0 Å². The Bertz CT molecular complexity index is 345. The fraction of sp³-hybridized carbons (Fsp3) is 0.636. The number of aliphatic carboxylic acids is 1. The van der Waals surface area contributed by atoms with Gasteiger partial charge in [-0.15, -0.1) is 11.3 Å². The Balaban J connectivity index is 1.92.